The van der Waals surface area contributed by atoms with E-state index >= 15 is 0 Å². The fourth-order valence-electron chi connectivity index (χ4n) is 0.454. The Balaban J connectivity index is 3.98. The molecule has 1 radical (unpaired) electrons. The van der Waals surface area contributed by atoms with E-state index in [4.69, 9.17) is 11.7 Å². The summed E-state index contributed by atoms with van der Waals surface area (Å²) in [6.45, 7) is 4.81. The summed E-state index contributed by atoms with van der Waals surface area (Å²) in [4.78, 5) is 31.1. The molecule has 0 aromatic carbocycles. The molecule has 12 heavy (non-hydrogen) atoms. The molecule has 0 aromatic heterocycles. The minimum absolute atomic E-state index is 0.389. The highest BCUT2D eigenvalue weighted by Gasteiger charge is 2.02. The van der Waals surface area contributed by atoms with Crippen molar-refractivity contribution in [1.29, 1.82) is 0 Å². The van der Waals surface area contributed by atoms with Crippen LogP contribution in [0.15, 0.2) is 18.2 Å². The van der Waals surface area contributed by atoms with Gasteiger partial charge in [-0.3, -0.25) is 9.59 Å². The molecule has 0 spiro atoms. The van der Waals surface area contributed by atoms with Crippen molar-refractivity contribution in [3.63, 3.8) is 0 Å². The standard InChI is InChI=1S/C8H7O4/c1-2-6(9)5-7(10)3-4-8(11)12/h1-4H,5H2,(H,11,12)/b2-1?,4-3+. The van der Waals surface area contributed by atoms with Crippen LogP contribution in [0.5, 0.6) is 0 Å². The predicted molar refractivity (Wildman–Crippen MR) is 40.3 cm³/mol. The molecule has 63 valence electrons. The molecule has 0 heterocycles. The summed E-state index contributed by atoms with van der Waals surface area (Å²) in [6.07, 6.45) is 1.88. The highest BCUT2D eigenvalue weighted by Crippen LogP contribution is 1.88. The van der Waals surface area contributed by atoms with E-state index in [-0.39, 0.29) is 6.42 Å². The highest BCUT2D eigenvalue weighted by atomic mass is 16.4. The molecular formula is C8H7O4. The number of ketones is 2. The fourth-order valence-corrected chi connectivity index (χ4v) is 0.454. The molecule has 0 amide bonds. The number of carbonyl (C=O) groups is 3. The van der Waals surface area contributed by atoms with Crippen molar-refractivity contribution < 1.29 is 19.5 Å². The largest absolute Gasteiger partial charge is 0.478 e. The van der Waals surface area contributed by atoms with Crippen LogP contribution in [-0.4, -0.2) is 22.6 Å². The summed E-state index contributed by atoms with van der Waals surface area (Å²) in [6, 6.07) is 0. The second-order valence-corrected chi connectivity index (χ2v) is 1.95. The summed E-state index contributed by atoms with van der Waals surface area (Å²) < 4.78 is 0. The van der Waals surface area contributed by atoms with Crippen LogP contribution in [0.1, 0.15) is 6.42 Å². The lowest BCUT2D eigenvalue weighted by Gasteiger charge is -1.87. The second kappa shape index (κ2) is 5.01. The average molecular weight is 167 g/mol. The average Bonchev–Trinajstić information content (AvgIpc) is 2.00. The van der Waals surface area contributed by atoms with E-state index in [9.17, 15) is 14.4 Å². The van der Waals surface area contributed by atoms with Gasteiger partial charge in [-0.2, -0.15) is 0 Å². The molecule has 0 saturated heterocycles. The monoisotopic (exact) mass is 167 g/mol. The molecule has 0 fully saturated rings. The molecule has 0 aliphatic carbocycles. The van der Waals surface area contributed by atoms with E-state index in [1.807, 2.05) is 0 Å². The Bertz CT molecular complexity index is 250. The number of aliphatic carboxylic acids is 1. The van der Waals surface area contributed by atoms with Crippen LogP contribution in [0.2, 0.25) is 0 Å². The van der Waals surface area contributed by atoms with E-state index in [0.29, 0.717) is 6.08 Å². The Morgan fingerprint density at radius 2 is 1.75 bits per heavy atom. The van der Waals surface area contributed by atoms with Crippen LogP contribution >= 0.6 is 0 Å². The fraction of sp³-hybridized carbons (Fsp3) is 0.125. The molecule has 0 bridgehead atoms. The van der Waals surface area contributed by atoms with Crippen LogP contribution < -0.4 is 0 Å². The molecule has 0 aliphatic heterocycles. The highest BCUT2D eigenvalue weighted by molar-refractivity contribution is 6.09. The minimum atomic E-state index is -1.23. The molecular weight excluding hydrogens is 160 g/mol. The predicted octanol–water partition coefficient (Wildman–Crippen LogP) is 0.145. The number of hydrogen-bond acceptors (Lipinski definition) is 3. The van der Waals surface area contributed by atoms with Gasteiger partial charge in [0.05, 0.1) is 6.42 Å². The van der Waals surface area contributed by atoms with Crippen molar-refractivity contribution in [3.8, 4) is 0 Å². The van der Waals surface area contributed by atoms with Gasteiger partial charge >= 0.3 is 5.97 Å². The van der Waals surface area contributed by atoms with Crippen molar-refractivity contribution in [3.05, 3.63) is 24.8 Å². The normalized spacial score (nSPS) is 9.67. The van der Waals surface area contributed by atoms with Crippen LogP contribution in [0.25, 0.3) is 0 Å². The Hall–Kier alpha value is -1.71. The van der Waals surface area contributed by atoms with Crippen molar-refractivity contribution in [2.45, 2.75) is 6.42 Å². The first-order valence-corrected chi connectivity index (χ1v) is 3.08. The Labute approximate surface area is 69.2 Å². The van der Waals surface area contributed by atoms with Crippen LogP contribution in [0.4, 0.5) is 0 Å². The maximum atomic E-state index is 10.7. The smallest absolute Gasteiger partial charge is 0.328 e. The van der Waals surface area contributed by atoms with E-state index < -0.39 is 17.5 Å². The van der Waals surface area contributed by atoms with Gasteiger partial charge in [-0.1, -0.05) is 6.58 Å². The summed E-state index contributed by atoms with van der Waals surface area (Å²) in [7, 11) is 0. The topological polar surface area (TPSA) is 71.4 Å². The van der Waals surface area contributed by atoms with Crippen molar-refractivity contribution in [2.24, 2.45) is 0 Å². The first-order valence-electron chi connectivity index (χ1n) is 3.08. The summed E-state index contributed by atoms with van der Waals surface area (Å²) >= 11 is 0. The molecule has 0 aliphatic rings. The lowest BCUT2D eigenvalue weighted by Crippen LogP contribution is -2.02. The number of carbonyl (C=O) groups excluding carboxylic acids is 2. The lowest BCUT2D eigenvalue weighted by atomic mass is 10.2. The van der Waals surface area contributed by atoms with Gasteiger partial charge in [0.15, 0.2) is 11.6 Å². The van der Waals surface area contributed by atoms with Crippen LogP contribution in [0, 0.1) is 6.58 Å². The van der Waals surface area contributed by atoms with E-state index in [1.54, 1.807) is 0 Å². The number of hydrogen-bond donors (Lipinski definition) is 1. The van der Waals surface area contributed by atoms with Crippen molar-refractivity contribution in [2.75, 3.05) is 0 Å². The molecule has 4 nitrogen and oxygen atoms in total. The molecule has 4 heteroatoms. The van der Waals surface area contributed by atoms with Gasteiger partial charge in [-0.05, 0) is 12.2 Å². The molecule has 0 atom stereocenters. The van der Waals surface area contributed by atoms with Gasteiger partial charge < -0.3 is 5.11 Å². The number of rotatable bonds is 5. The zero-order valence-corrected chi connectivity index (χ0v) is 6.19. The van der Waals surface area contributed by atoms with Gasteiger partial charge in [-0.15, -0.1) is 0 Å². The Morgan fingerprint density at radius 1 is 1.17 bits per heavy atom. The van der Waals surface area contributed by atoms with Gasteiger partial charge in [0, 0.05) is 6.08 Å². The first kappa shape index (κ1) is 10.3. The third kappa shape index (κ3) is 5.10. The van der Waals surface area contributed by atoms with E-state index in [1.165, 1.54) is 0 Å². The number of allylic oxidation sites excluding steroid dienone is 2. The molecule has 0 rings (SSSR count). The third-order valence-corrected chi connectivity index (χ3v) is 0.946. The SMILES string of the molecule is [CH]=CC(=O)CC(=O)/C=C/C(=O)O. The number of carboxylic acid groups (broad SMARTS) is 1. The van der Waals surface area contributed by atoms with Crippen molar-refractivity contribution >= 4 is 17.5 Å². The molecule has 0 aromatic rings. The zero-order chi connectivity index (χ0) is 9.56. The lowest BCUT2D eigenvalue weighted by molar-refractivity contribution is -0.132. The van der Waals surface area contributed by atoms with Gasteiger partial charge in [0.2, 0.25) is 0 Å². The summed E-state index contributed by atoms with van der Waals surface area (Å²) in [5, 5.41) is 8.10. The summed E-state index contributed by atoms with van der Waals surface area (Å²) in [5.41, 5.74) is 0. The maximum Gasteiger partial charge on any atom is 0.328 e. The van der Waals surface area contributed by atoms with Crippen molar-refractivity contribution in [1.82, 2.24) is 0 Å². The molecule has 1 N–H and O–H groups in total. The van der Waals surface area contributed by atoms with Gasteiger partial charge in [0.25, 0.3) is 0 Å². The zero-order valence-electron chi connectivity index (χ0n) is 6.19. The van der Waals surface area contributed by atoms with Crippen LogP contribution in [0.3, 0.4) is 0 Å². The van der Waals surface area contributed by atoms with E-state index in [2.05, 4.69) is 0 Å². The van der Waals surface area contributed by atoms with Crippen LogP contribution in [-0.2, 0) is 14.4 Å². The maximum absolute atomic E-state index is 10.7. The first-order chi connectivity index (χ1) is 5.56. The van der Waals surface area contributed by atoms with Gasteiger partial charge in [0.1, 0.15) is 0 Å². The summed E-state index contributed by atoms with van der Waals surface area (Å²) in [5.74, 6) is -2.34. The molecule has 0 unspecified atom stereocenters. The van der Waals surface area contributed by atoms with Gasteiger partial charge in [-0.25, -0.2) is 4.79 Å². The molecule has 0 saturated carbocycles. The third-order valence-electron chi connectivity index (χ3n) is 0.946. The number of carboxylic acids is 1. The Kier molecular flexibility index (Phi) is 4.30. The quantitative estimate of drug-likeness (QED) is 0.467. The van der Waals surface area contributed by atoms with E-state index in [0.717, 1.165) is 12.2 Å². The minimum Gasteiger partial charge on any atom is -0.478 e. The Morgan fingerprint density at radius 3 is 2.17 bits per heavy atom. The second-order valence-electron chi connectivity index (χ2n) is 1.95.